The van der Waals surface area contributed by atoms with Crippen LogP contribution in [0.25, 0.3) is 6.08 Å². The Hall–Kier alpha value is -1.80. The predicted molar refractivity (Wildman–Crippen MR) is 140 cm³/mol. The minimum atomic E-state index is 0.0833. The molecular weight excluding hydrogens is 446 g/mol. The molecule has 1 aromatic heterocycles. The zero-order chi connectivity index (χ0) is 24.6. The largest absolute Gasteiger partial charge is 0.493 e. The van der Waals surface area contributed by atoms with Crippen LogP contribution in [0.5, 0.6) is 5.75 Å². The van der Waals surface area contributed by atoms with Gasteiger partial charge in [-0.2, -0.15) is 0 Å². The van der Waals surface area contributed by atoms with Gasteiger partial charge < -0.3 is 19.2 Å². The van der Waals surface area contributed by atoms with E-state index in [4.69, 9.17) is 25.9 Å². The van der Waals surface area contributed by atoms with Gasteiger partial charge >= 0.3 is 0 Å². The van der Waals surface area contributed by atoms with Crippen molar-refractivity contribution in [2.75, 3.05) is 39.6 Å². The van der Waals surface area contributed by atoms with Crippen molar-refractivity contribution in [1.82, 2.24) is 15.1 Å². The van der Waals surface area contributed by atoms with E-state index in [0.717, 1.165) is 11.5 Å². The molecule has 0 aliphatic carbocycles. The summed E-state index contributed by atoms with van der Waals surface area (Å²) < 4.78 is 11.0. The molecule has 0 aliphatic rings. The molecule has 0 saturated heterocycles. The Morgan fingerprint density at radius 1 is 1.28 bits per heavy atom. The molecule has 182 valence electrons. The van der Waals surface area contributed by atoms with Crippen LogP contribution >= 0.6 is 23.4 Å². The van der Waals surface area contributed by atoms with Crippen molar-refractivity contribution < 1.29 is 14.3 Å². The Morgan fingerprint density at radius 3 is 2.47 bits per heavy atom. The van der Waals surface area contributed by atoms with Crippen LogP contribution in [0.2, 0.25) is 5.02 Å². The first-order valence-corrected chi connectivity index (χ1v) is 12.3. The van der Waals surface area contributed by atoms with Crippen molar-refractivity contribution in [2.24, 2.45) is 0 Å². The maximum atomic E-state index is 7.76. The third kappa shape index (κ3) is 20.1. The van der Waals surface area contributed by atoms with Crippen LogP contribution in [0.1, 0.15) is 45.9 Å². The summed E-state index contributed by atoms with van der Waals surface area (Å²) >= 11 is 7.56. The average molecular weight is 486 g/mol. The van der Waals surface area contributed by atoms with Crippen LogP contribution < -0.4 is 4.74 Å². The average Bonchev–Trinajstić information content (AvgIpc) is 3.23. The summed E-state index contributed by atoms with van der Waals surface area (Å²) in [5.41, 5.74) is 0. The molecule has 0 unspecified atom stereocenters. The van der Waals surface area contributed by atoms with Gasteiger partial charge in [0.05, 0.1) is 19.0 Å². The summed E-state index contributed by atoms with van der Waals surface area (Å²) in [5, 5.41) is 16.3. The van der Waals surface area contributed by atoms with Crippen LogP contribution in [-0.4, -0.2) is 59.8 Å². The van der Waals surface area contributed by atoms with Gasteiger partial charge in [-0.15, -0.1) is 28.5 Å². The highest BCUT2D eigenvalue weighted by molar-refractivity contribution is 7.98. The molecule has 2 aromatic rings. The zero-order valence-corrected chi connectivity index (χ0v) is 22.0. The number of ether oxygens (including phenoxy) is 1. The minimum absolute atomic E-state index is 0.0833. The highest BCUT2D eigenvalue weighted by atomic mass is 35.5. The lowest BCUT2D eigenvalue weighted by Crippen LogP contribution is -2.11. The van der Waals surface area contributed by atoms with Gasteiger partial charge in [0.25, 0.3) is 0 Å². The van der Waals surface area contributed by atoms with E-state index in [1.165, 1.54) is 19.0 Å². The molecule has 0 atom stereocenters. The van der Waals surface area contributed by atoms with Gasteiger partial charge in [-0.25, -0.2) is 0 Å². The molecule has 6 nitrogen and oxygen atoms in total. The van der Waals surface area contributed by atoms with E-state index in [-0.39, 0.29) is 6.61 Å². The van der Waals surface area contributed by atoms with Crippen molar-refractivity contribution in [2.45, 2.75) is 39.9 Å². The van der Waals surface area contributed by atoms with Crippen LogP contribution in [-0.2, 0) is 5.75 Å². The van der Waals surface area contributed by atoms with E-state index in [1.807, 2.05) is 45.0 Å². The van der Waals surface area contributed by atoms with Gasteiger partial charge in [-0.3, -0.25) is 0 Å². The third-order valence-electron chi connectivity index (χ3n) is 3.11. The Balaban J connectivity index is 0. The first-order valence-electron chi connectivity index (χ1n) is 10.7. The van der Waals surface area contributed by atoms with Gasteiger partial charge in [0, 0.05) is 10.8 Å². The molecule has 1 N–H and O–H groups in total. The summed E-state index contributed by atoms with van der Waals surface area (Å²) in [6, 6.07) is 7.37. The normalized spacial score (nSPS) is 9.78. The number of aliphatic hydroxyl groups excluding tert-OH is 1. The molecule has 0 aliphatic heterocycles. The monoisotopic (exact) mass is 485 g/mol. The molecule has 8 heteroatoms. The van der Waals surface area contributed by atoms with Crippen LogP contribution in [0, 0.1) is 0 Å². The second-order valence-corrected chi connectivity index (χ2v) is 7.71. The fraction of sp³-hybridized carbons (Fsp3) is 0.500. The first-order chi connectivity index (χ1) is 15.5. The number of aromatic nitrogens is 2. The highest BCUT2D eigenvalue weighted by Crippen LogP contribution is 2.18. The molecular formula is C24H40ClN3O3S. The third-order valence-corrected chi connectivity index (χ3v) is 4.25. The number of allylic oxidation sites excluding steroid dienone is 1. The summed E-state index contributed by atoms with van der Waals surface area (Å²) in [6.07, 6.45) is 6.33. The zero-order valence-electron chi connectivity index (χ0n) is 20.4. The molecule has 0 saturated carbocycles. The molecule has 1 aromatic carbocycles. The topological polar surface area (TPSA) is 71.6 Å². The van der Waals surface area contributed by atoms with Crippen molar-refractivity contribution in [1.29, 1.82) is 0 Å². The molecule has 32 heavy (non-hydrogen) atoms. The van der Waals surface area contributed by atoms with Crippen molar-refractivity contribution >= 4 is 29.4 Å². The fourth-order valence-corrected chi connectivity index (χ4v) is 2.73. The summed E-state index contributed by atoms with van der Waals surface area (Å²) in [7, 11) is 4.17. The number of rotatable bonds is 10. The molecule has 0 amide bonds. The maximum absolute atomic E-state index is 7.76. The number of hydrogen-bond donors (Lipinski definition) is 1. The number of aliphatic hydroxyl groups is 1. The van der Waals surface area contributed by atoms with Gasteiger partial charge in [-0.05, 0) is 58.3 Å². The molecule has 0 radical (unpaired) electrons. The van der Waals surface area contributed by atoms with Crippen molar-refractivity contribution in [3.8, 4) is 5.75 Å². The molecule has 0 bridgehead atoms. The lowest BCUT2D eigenvalue weighted by atomic mass is 10.3. The summed E-state index contributed by atoms with van der Waals surface area (Å²) in [4.78, 5) is 2.18. The number of thioether (sulfide) groups is 1. The van der Waals surface area contributed by atoms with Crippen molar-refractivity contribution in [3.05, 3.63) is 59.8 Å². The fourth-order valence-electron chi connectivity index (χ4n) is 1.92. The Labute approximate surface area is 203 Å². The van der Waals surface area contributed by atoms with Crippen LogP contribution in [0.3, 0.4) is 0 Å². The molecule has 0 spiro atoms. The van der Waals surface area contributed by atoms with E-state index >= 15 is 0 Å². The summed E-state index contributed by atoms with van der Waals surface area (Å²) in [5.74, 6) is 3.48. The maximum Gasteiger partial charge on any atom is 0.240 e. The smallest absolute Gasteiger partial charge is 0.240 e. The Bertz CT molecular complexity index is 709. The summed E-state index contributed by atoms with van der Waals surface area (Å²) in [6.45, 7) is 13.2. The lowest BCUT2D eigenvalue weighted by Gasteiger charge is -2.05. The predicted octanol–water partition coefficient (Wildman–Crippen LogP) is 6.22. The number of nitrogens with zero attached hydrogens (tertiary/aromatic N) is 3. The second kappa shape index (κ2) is 23.9. The quantitative estimate of drug-likeness (QED) is 0.316. The lowest BCUT2D eigenvalue weighted by molar-refractivity contribution is 0.343. The van der Waals surface area contributed by atoms with E-state index in [2.05, 4.69) is 42.7 Å². The van der Waals surface area contributed by atoms with E-state index in [1.54, 1.807) is 23.9 Å². The van der Waals surface area contributed by atoms with Gasteiger partial charge in [-0.1, -0.05) is 50.6 Å². The number of hydrogen-bond acceptors (Lipinski definition) is 7. The minimum Gasteiger partial charge on any atom is -0.493 e. The van der Waals surface area contributed by atoms with Crippen LogP contribution in [0.15, 0.2) is 47.4 Å². The number of halogens is 1. The molecule has 2 rings (SSSR count). The van der Waals surface area contributed by atoms with Gasteiger partial charge in [0.15, 0.2) is 0 Å². The van der Waals surface area contributed by atoms with Gasteiger partial charge in [0.2, 0.25) is 11.8 Å². The SMILES string of the molecule is C/C=C/c1nnc(CSCCOc2cccc(Cl)c2)o1.C=CCO.CC.CCCN(C)C. The first kappa shape index (κ1) is 32.4. The molecule has 0 fully saturated rings. The highest BCUT2D eigenvalue weighted by Gasteiger charge is 2.03. The Kier molecular flexibility index (Phi) is 24.1. The van der Waals surface area contributed by atoms with Crippen molar-refractivity contribution in [3.63, 3.8) is 0 Å². The van der Waals surface area contributed by atoms with Gasteiger partial charge in [0.1, 0.15) is 5.75 Å². The van der Waals surface area contributed by atoms with E-state index in [9.17, 15) is 0 Å². The molecule has 1 heterocycles. The van der Waals surface area contributed by atoms with Crippen LogP contribution in [0.4, 0.5) is 0 Å². The Morgan fingerprint density at radius 2 is 1.97 bits per heavy atom. The van der Waals surface area contributed by atoms with E-state index < -0.39 is 0 Å². The second-order valence-electron chi connectivity index (χ2n) is 6.17. The standard InChI is InChI=1S/C14H15ClN2O2S.C5H13N.C3H6O.C2H6/c1-2-4-13-16-17-14(19-13)10-20-8-7-18-12-6-3-5-11(15)9-12;1-4-5-6(2)3;1-2-3-4;1-2/h2-6,9H,7-8,10H2,1H3;4-5H2,1-3H3;2,4H,1,3H2;1-2H3/b4-2+;;;. The number of benzene rings is 1. The van der Waals surface area contributed by atoms with E-state index in [0.29, 0.717) is 29.2 Å².